The molecular weight excluding hydrogens is 126 g/mol. The van der Waals surface area contributed by atoms with E-state index in [2.05, 4.69) is 0 Å². The van der Waals surface area contributed by atoms with Gasteiger partial charge in [0.15, 0.2) is 0 Å². The van der Waals surface area contributed by atoms with Gasteiger partial charge >= 0.3 is 0 Å². The third-order valence-electron chi connectivity index (χ3n) is 1.38. The number of piperidine rings is 1. The molecule has 0 aromatic rings. The molecule has 1 aliphatic rings. The van der Waals surface area contributed by atoms with Crippen molar-refractivity contribution in [1.29, 1.82) is 0 Å². The van der Waals surface area contributed by atoms with Crippen LogP contribution >= 0.6 is 0 Å². The molecule has 0 unspecified atom stereocenters. The van der Waals surface area contributed by atoms with E-state index < -0.39 is 12.3 Å². The first-order chi connectivity index (χ1) is 4.18. The van der Waals surface area contributed by atoms with Crippen LogP contribution in [0.4, 0.5) is 8.78 Å². The van der Waals surface area contributed by atoms with E-state index in [9.17, 15) is 8.78 Å². The van der Waals surface area contributed by atoms with Gasteiger partial charge in [0.05, 0.1) is 0 Å². The minimum Gasteiger partial charge on any atom is -0.269 e. The average Bonchev–Trinajstić information content (AvgIpc) is 1.59. The summed E-state index contributed by atoms with van der Waals surface area (Å²) in [5, 5.41) is 1.18. The van der Waals surface area contributed by atoms with Crippen molar-refractivity contribution in [3.8, 4) is 0 Å². The van der Waals surface area contributed by atoms with Gasteiger partial charge in [-0.05, 0) is 0 Å². The molecule has 0 aliphatic carbocycles. The fourth-order valence-corrected chi connectivity index (χ4v) is 1.01. The lowest BCUT2D eigenvalue weighted by Crippen LogP contribution is -2.46. The SMILES string of the molecule is NN1C[C@H](F)C[C@H](F)C1. The van der Waals surface area contributed by atoms with Crippen LogP contribution in [0.5, 0.6) is 0 Å². The summed E-state index contributed by atoms with van der Waals surface area (Å²) in [6, 6.07) is 0. The van der Waals surface area contributed by atoms with Crippen molar-refractivity contribution in [2.75, 3.05) is 13.1 Å². The van der Waals surface area contributed by atoms with Crippen LogP contribution in [0.15, 0.2) is 0 Å². The van der Waals surface area contributed by atoms with Crippen molar-refractivity contribution in [1.82, 2.24) is 5.01 Å². The van der Waals surface area contributed by atoms with E-state index in [1.165, 1.54) is 5.01 Å². The summed E-state index contributed by atoms with van der Waals surface area (Å²) in [5.74, 6) is 5.17. The lowest BCUT2D eigenvalue weighted by Gasteiger charge is -2.26. The maximum atomic E-state index is 12.3. The first-order valence-corrected chi connectivity index (χ1v) is 2.96. The topological polar surface area (TPSA) is 29.3 Å². The first kappa shape index (κ1) is 6.89. The lowest BCUT2D eigenvalue weighted by molar-refractivity contribution is 0.0747. The predicted octanol–water partition coefficient (Wildman–Crippen LogP) is 0.242. The zero-order valence-electron chi connectivity index (χ0n) is 5.06. The molecule has 0 aromatic heterocycles. The van der Waals surface area contributed by atoms with Crippen LogP contribution in [-0.2, 0) is 0 Å². The third kappa shape index (κ3) is 1.87. The second-order valence-electron chi connectivity index (χ2n) is 2.38. The molecule has 4 heteroatoms. The summed E-state index contributed by atoms with van der Waals surface area (Å²) < 4.78 is 24.6. The number of alkyl halides is 2. The molecule has 0 spiro atoms. The minimum absolute atomic E-state index is 0.00764. The van der Waals surface area contributed by atoms with Crippen LogP contribution in [0.2, 0.25) is 0 Å². The number of rotatable bonds is 0. The molecule has 2 nitrogen and oxygen atoms in total. The maximum Gasteiger partial charge on any atom is 0.117 e. The minimum atomic E-state index is -1.08. The quantitative estimate of drug-likeness (QED) is 0.483. The van der Waals surface area contributed by atoms with E-state index in [1.807, 2.05) is 0 Å². The highest BCUT2D eigenvalue weighted by molar-refractivity contribution is 4.75. The van der Waals surface area contributed by atoms with Crippen molar-refractivity contribution >= 4 is 0 Å². The van der Waals surface area contributed by atoms with Crippen molar-refractivity contribution in [2.45, 2.75) is 18.8 Å². The molecule has 54 valence electrons. The van der Waals surface area contributed by atoms with Crippen LogP contribution in [0.1, 0.15) is 6.42 Å². The molecule has 0 saturated carbocycles. The van der Waals surface area contributed by atoms with Crippen molar-refractivity contribution in [3.05, 3.63) is 0 Å². The van der Waals surface area contributed by atoms with Gasteiger partial charge < -0.3 is 0 Å². The normalized spacial score (nSPS) is 39.0. The van der Waals surface area contributed by atoms with E-state index >= 15 is 0 Å². The Labute approximate surface area is 52.6 Å². The van der Waals surface area contributed by atoms with Crippen molar-refractivity contribution < 1.29 is 8.78 Å². The van der Waals surface area contributed by atoms with Crippen LogP contribution < -0.4 is 5.84 Å². The molecule has 1 fully saturated rings. The Morgan fingerprint density at radius 2 is 1.67 bits per heavy atom. The summed E-state index contributed by atoms with van der Waals surface area (Å²) >= 11 is 0. The molecule has 2 N–H and O–H groups in total. The number of nitrogens with zero attached hydrogens (tertiary/aromatic N) is 1. The fourth-order valence-electron chi connectivity index (χ4n) is 1.01. The average molecular weight is 136 g/mol. The molecule has 0 aromatic carbocycles. The maximum absolute atomic E-state index is 12.3. The summed E-state index contributed by atoms with van der Waals surface area (Å²) in [6.45, 7) is 0.334. The van der Waals surface area contributed by atoms with Gasteiger partial charge in [0.25, 0.3) is 0 Å². The number of nitrogens with two attached hydrogens (primary N) is 1. The van der Waals surface area contributed by atoms with E-state index in [4.69, 9.17) is 5.84 Å². The van der Waals surface area contributed by atoms with Gasteiger partial charge in [-0.2, -0.15) is 0 Å². The monoisotopic (exact) mass is 136 g/mol. The van der Waals surface area contributed by atoms with E-state index in [0.29, 0.717) is 0 Å². The van der Waals surface area contributed by atoms with Crippen LogP contribution in [0.3, 0.4) is 0 Å². The Bertz CT molecular complexity index is 73.9. The molecular formula is C5H10F2N2. The molecule has 2 atom stereocenters. The van der Waals surface area contributed by atoms with Gasteiger partial charge in [0.1, 0.15) is 12.3 Å². The van der Waals surface area contributed by atoms with Gasteiger partial charge in [-0.25, -0.2) is 13.8 Å². The van der Waals surface area contributed by atoms with Gasteiger partial charge in [-0.3, -0.25) is 5.84 Å². The molecule has 0 bridgehead atoms. The zero-order valence-corrected chi connectivity index (χ0v) is 5.06. The summed E-state index contributed by atoms with van der Waals surface area (Å²) in [4.78, 5) is 0. The van der Waals surface area contributed by atoms with E-state index in [-0.39, 0.29) is 19.5 Å². The fraction of sp³-hybridized carbons (Fsp3) is 1.00. The standard InChI is InChI=1S/C5H10F2N2/c6-4-1-5(7)3-9(8)2-4/h4-5H,1-3,8H2/t4-,5+. The van der Waals surface area contributed by atoms with E-state index in [0.717, 1.165) is 0 Å². The Morgan fingerprint density at radius 1 is 1.22 bits per heavy atom. The molecule has 1 aliphatic heterocycles. The van der Waals surface area contributed by atoms with E-state index in [1.54, 1.807) is 0 Å². The molecule has 9 heavy (non-hydrogen) atoms. The Hall–Kier alpha value is -0.220. The number of hydrogen-bond acceptors (Lipinski definition) is 2. The number of hydrazine groups is 1. The molecule has 0 radical (unpaired) electrons. The predicted molar refractivity (Wildman–Crippen MR) is 30.2 cm³/mol. The number of hydrogen-bond donors (Lipinski definition) is 1. The smallest absolute Gasteiger partial charge is 0.117 e. The zero-order chi connectivity index (χ0) is 6.85. The third-order valence-corrected chi connectivity index (χ3v) is 1.38. The Kier molecular flexibility index (Phi) is 1.97. The van der Waals surface area contributed by atoms with Gasteiger partial charge in [0, 0.05) is 19.5 Å². The van der Waals surface area contributed by atoms with Crippen molar-refractivity contribution in [2.24, 2.45) is 5.84 Å². The highest BCUT2D eigenvalue weighted by atomic mass is 19.1. The largest absolute Gasteiger partial charge is 0.269 e. The Balaban J connectivity index is 2.34. The first-order valence-electron chi connectivity index (χ1n) is 2.96. The van der Waals surface area contributed by atoms with Crippen LogP contribution in [0, 0.1) is 0 Å². The summed E-state index contributed by atoms with van der Waals surface area (Å²) in [5.41, 5.74) is 0. The highest BCUT2D eigenvalue weighted by Gasteiger charge is 2.24. The second-order valence-corrected chi connectivity index (χ2v) is 2.38. The molecule has 1 rings (SSSR count). The van der Waals surface area contributed by atoms with Crippen LogP contribution in [0.25, 0.3) is 0 Å². The van der Waals surface area contributed by atoms with Gasteiger partial charge in [-0.15, -0.1) is 0 Å². The molecule has 1 heterocycles. The Morgan fingerprint density at radius 3 is 2.00 bits per heavy atom. The lowest BCUT2D eigenvalue weighted by atomic mass is 10.1. The van der Waals surface area contributed by atoms with Crippen molar-refractivity contribution in [3.63, 3.8) is 0 Å². The van der Waals surface area contributed by atoms with Gasteiger partial charge in [0.2, 0.25) is 0 Å². The van der Waals surface area contributed by atoms with Gasteiger partial charge in [-0.1, -0.05) is 0 Å². The summed E-state index contributed by atoms with van der Waals surface area (Å²) in [7, 11) is 0. The second kappa shape index (κ2) is 2.58. The highest BCUT2D eigenvalue weighted by Crippen LogP contribution is 2.12. The molecule has 1 saturated heterocycles. The number of halogens is 2. The van der Waals surface area contributed by atoms with Crippen LogP contribution in [-0.4, -0.2) is 30.4 Å². The summed E-state index contributed by atoms with van der Waals surface area (Å²) in [6.07, 6.45) is -2.16. The molecule has 0 amide bonds.